The summed E-state index contributed by atoms with van der Waals surface area (Å²) in [4.78, 5) is 16.8. The van der Waals surface area contributed by atoms with Crippen LogP contribution < -0.4 is 5.32 Å². The molecule has 25 heavy (non-hydrogen) atoms. The van der Waals surface area contributed by atoms with Crippen molar-refractivity contribution in [3.8, 4) is 11.5 Å². The van der Waals surface area contributed by atoms with Crippen LogP contribution in [0.25, 0.3) is 11.5 Å². The predicted octanol–water partition coefficient (Wildman–Crippen LogP) is 3.30. The third-order valence-electron chi connectivity index (χ3n) is 3.88. The molecule has 2 aromatic heterocycles. The number of carbonyl (C=O) groups excluding carboxylic acids is 1. The molecule has 0 saturated carbocycles. The summed E-state index contributed by atoms with van der Waals surface area (Å²) < 4.78 is 7.09. The van der Waals surface area contributed by atoms with Crippen molar-refractivity contribution in [2.45, 2.75) is 32.7 Å². The number of nitrogens with one attached hydrogen (secondary N) is 1. The second-order valence-electron chi connectivity index (χ2n) is 6.98. The molecule has 130 valence electrons. The molecule has 0 radical (unpaired) electrons. The van der Waals surface area contributed by atoms with Gasteiger partial charge >= 0.3 is 0 Å². The maximum atomic E-state index is 12.4. The molecule has 0 aliphatic heterocycles. The molecule has 1 N–H and O–H groups in total. The van der Waals surface area contributed by atoms with Gasteiger partial charge in [0.1, 0.15) is 12.0 Å². The van der Waals surface area contributed by atoms with E-state index in [4.69, 9.17) is 4.42 Å². The quantitative estimate of drug-likeness (QED) is 0.792. The van der Waals surface area contributed by atoms with Crippen LogP contribution in [0.2, 0.25) is 0 Å². The third kappa shape index (κ3) is 3.79. The Balaban J connectivity index is 1.67. The molecule has 6 nitrogen and oxygen atoms in total. The molecule has 3 rings (SSSR count). The normalized spacial score (nSPS) is 11.5. The highest BCUT2D eigenvalue weighted by Crippen LogP contribution is 2.21. The molecule has 0 saturated heterocycles. The number of hydrogen-bond acceptors (Lipinski definition) is 4. The van der Waals surface area contributed by atoms with Crippen molar-refractivity contribution in [3.63, 3.8) is 0 Å². The van der Waals surface area contributed by atoms with E-state index in [2.05, 4.69) is 36.2 Å². The Hall–Kier alpha value is -2.89. The van der Waals surface area contributed by atoms with E-state index in [0.717, 1.165) is 11.3 Å². The van der Waals surface area contributed by atoms with E-state index in [1.54, 1.807) is 18.0 Å². The van der Waals surface area contributed by atoms with Crippen LogP contribution in [-0.2, 0) is 19.0 Å². The lowest BCUT2D eigenvalue weighted by Gasteiger charge is -2.13. The molecule has 0 unspecified atom stereocenters. The lowest BCUT2D eigenvalue weighted by Crippen LogP contribution is -2.25. The Morgan fingerprint density at radius 3 is 2.60 bits per heavy atom. The van der Waals surface area contributed by atoms with E-state index in [0.29, 0.717) is 23.8 Å². The molecule has 1 amide bonds. The molecule has 0 bridgehead atoms. The number of aryl methyl sites for hydroxylation is 1. The van der Waals surface area contributed by atoms with Crippen molar-refractivity contribution in [1.82, 2.24) is 20.1 Å². The average molecular weight is 338 g/mol. The molecule has 0 fully saturated rings. The maximum Gasteiger partial charge on any atom is 0.269 e. The lowest BCUT2D eigenvalue weighted by atomic mass is 9.92. The second kappa shape index (κ2) is 6.55. The van der Waals surface area contributed by atoms with Crippen LogP contribution in [0.1, 0.15) is 42.6 Å². The SMILES string of the molecule is Cn1nc(C(C)(C)C)cc1C(=O)NCc1coc(-c2ccccc2)n1. The van der Waals surface area contributed by atoms with Gasteiger partial charge in [0.05, 0.1) is 17.9 Å². The fourth-order valence-electron chi connectivity index (χ4n) is 2.41. The minimum absolute atomic E-state index is 0.104. The Morgan fingerprint density at radius 2 is 1.96 bits per heavy atom. The summed E-state index contributed by atoms with van der Waals surface area (Å²) in [5, 5.41) is 7.29. The van der Waals surface area contributed by atoms with Crippen LogP contribution in [0.3, 0.4) is 0 Å². The van der Waals surface area contributed by atoms with Crippen LogP contribution in [0.5, 0.6) is 0 Å². The number of amides is 1. The summed E-state index contributed by atoms with van der Waals surface area (Å²) >= 11 is 0. The number of aromatic nitrogens is 3. The first-order valence-corrected chi connectivity index (χ1v) is 8.17. The van der Waals surface area contributed by atoms with Gasteiger partial charge in [0.2, 0.25) is 5.89 Å². The zero-order chi connectivity index (χ0) is 18.0. The Kier molecular flexibility index (Phi) is 4.44. The monoisotopic (exact) mass is 338 g/mol. The van der Waals surface area contributed by atoms with Crippen LogP contribution in [0.4, 0.5) is 0 Å². The van der Waals surface area contributed by atoms with Crippen molar-refractivity contribution < 1.29 is 9.21 Å². The zero-order valence-electron chi connectivity index (χ0n) is 14.9. The fraction of sp³-hybridized carbons (Fsp3) is 0.316. The number of nitrogens with zero attached hydrogens (tertiary/aromatic N) is 3. The largest absolute Gasteiger partial charge is 0.444 e. The number of oxazole rings is 1. The van der Waals surface area contributed by atoms with Crippen LogP contribution in [-0.4, -0.2) is 20.7 Å². The first-order valence-electron chi connectivity index (χ1n) is 8.17. The van der Waals surface area contributed by atoms with Gasteiger partial charge in [-0.05, 0) is 18.2 Å². The van der Waals surface area contributed by atoms with Gasteiger partial charge in [-0.25, -0.2) is 4.98 Å². The molecule has 6 heteroatoms. The van der Waals surface area contributed by atoms with Gasteiger partial charge in [-0.15, -0.1) is 0 Å². The molecular weight excluding hydrogens is 316 g/mol. The molecule has 2 heterocycles. The highest BCUT2D eigenvalue weighted by molar-refractivity contribution is 5.92. The first kappa shape index (κ1) is 17.0. The predicted molar refractivity (Wildman–Crippen MR) is 95.0 cm³/mol. The van der Waals surface area contributed by atoms with Gasteiger partial charge in [-0.2, -0.15) is 5.10 Å². The van der Waals surface area contributed by atoms with Gasteiger partial charge in [0.15, 0.2) is 0 Å². The third-order valence-corrected chi connectivity index (χ3v) is 3.88. The van der Waals surface area contributed by atoms with Crippen LogP contribution >= 0.6 is 0 Å². The number of rotatable bonds is 4. The maximum absolute atomic E-state index is 12.4. The minimum atomic E-state index is -0.185. The standard InChI is InChI=1S/C19H22N4O2/c1-19(2,3)16-10-15(23(4)22-16)17(24)20-11-14-12-25-18(21-14)13-8-6-5-7-9-13/h5-10,12H,11H2,1-4H3,(H,20,24). The molecule has 3 aromatic rings. The van der Waals surface area contributed by atoms with Crippen LogP contribution in [0.15, 0.2) is 47.1 Å². The molecule has 1 aromatic carbocycles. The summed E-state index contributed by atoms with van der Waals surface area (Å²) in [6.07, 6.45) is 1.56. The van der Waals surface area contributed by atoms with E-state index < -0.39 is 0 Å². The average Bonchev–Trinajstić information content (AvgIpc) is 3.20. The van der Waals surface area contributed by atoms with Crippen molar-refractivity contribution in [2.75, 3.05) is 0 Å². The number of benzene rings is 1. The van der Waals surface area contributed by atoms with Crippen molar-refractivity contribution in [2.24, 2.45) is 7.05 Å². The van der Waals surface area contributed by atoms with Gasteiger partial charge in [-0.3, -0.25) is 9.48 Å². The number of carbonyl (C=O) groups is 1. The highest BCUT2D eigenvalue weighted by atomic mass is 16.3. The van der Waals surface area contributed by atoms with E-state index in [1.165, 1.54) is 0 Å². The van der Waals surface area contributed by atoms with Gasteiger partial charge in [0, 0.05) is 18.0 Å². The van der Waals surface area contributed by atoms with E-state index in [-0.39, 0.29) is 11.3 Å². The van der Waals surface area contributed by atoms with Crippen molar-refractivity contribution in [1.29, 1.82) is 0 Å². The van der Waals surface area contributed by atoms with Gasteiger partial charge in [-0.1, -0.05) is 39.0 Å². The summed E-state index contributed by atoms with van der Waals surface area (Å²) in [5.74, 6) is 0.357. The summed E-state index contributed by atoms with van der Waals surface area (Å²) in [6, 6.07) is 11.5. The molecule has 0 spiro atoms. The van der Waals surface area contributed by atoms with E-state index in [1.807, 2.05) is 36.4 Å². The molecule has 0 aliphatic carbocycles. The van der Waals surface area contributed by atoms with Gasteiger partial charge in [0.25, 0.3) is 5.91 Å². The molecule has 0 atom stereocenters. The van der Waals surface area contributed by atoms with E-state index in [9.17, 15) is 4.79 Å². The Bertz CT molecular complexity index is 872. The molecular formula is C19H22N4O2. The molecule has 0 aliphatic rings. The Labute approximate surface area is 146 Å². The van der Waals surface area contributed by atoms with Crippen molar-refractivity contribution in [3.05, 3.63) is 59.7 Å². The number of hydrogen-bond donors (Lipinski definition) is 1. The Morgan fingerprint density at radius 1 is 1.24 bits per heavy atom. The minimum Gasteiger partial charge on any atom is -0.444 e. The zero-order valence-corrected chi connectivity index (χ0v) is 14.9. The summed E-state index contributed by atoms with van der Waals surface area (Å²) in [5.41, 5.74) is 2.88. The first-order chi connectivity index (χ1) is 11.8. The lowest BCUT2D eigenvalue weighted by molar-refractivity contribution is 0.0941. The van der Waals surface area contributed by atoms with Crippen molar-refractivity contribution >= 4 is 5.91 Å². The fourth-order valence-corrected chi connectivity index (χ4v) is 2.41. The smallest absolute Gasteiger partial charge is 0.269 e. The van der Waals surface area contributed by atoms with Crippen LogP contribution in [0, 0.1) is 0 Å². The summed E-state index contributed by atoms with van der Waals surface area (Å²) in [6.45, 7) is 6.50. The highest BCUT2D eigenvalue weighted by Gasteiger charge is 2.21. The topological polar surface area (TPSA) is 73.0 Å². The second-order valence-corrected chi connectivity index (χ2v) is 6.98. The van der Waals surface area contributed by atoms with Gasteiger partial charge < -0.3 is 9.73 Å². The summed E-state index contributed by atoms with van der Waals surface area (Å²) in [7, 11) is 1.77. The van der Waals surface area contributed by atoms with E-state index >= 15 is 0 Å².